The van der Waals surface area contributed by atoms with Crippen LogP contribution in [0.25, 0.3) is 0 Å². The van der Waals surface area contributed by atoms with Crippen LogP contribution in [0.3, 0.4) is 0 Å². The van der Waals surface area contributed by atoms with Gasteiger partial charge in [0.15, 0.2) is 0 Å². The van der Waals surface area contributed by atoms with Gasteiger partial charge in [-0.3, -0.25) is 0 Å². The molecular formula is C18H25OSi. The summed E-state index contributed by atoms with van der Waals surface area (Å²) in [6.07, 6.45) is 13.8. The van der Waals surface area contributed by atoms with Crippen LogP contribution in [0.1, 0.15) is 87.2 Å². The summed E-state index contributed by atoms with van der Waals surface area (Å²) in [5.41, 5.74) is 3.11. The quantitative estimate of drug-likeness (QED) is 0.690. The third-order valence-electron chi connectivity index (χ3n) is 5.27. The lowest BCUT2D eigenvalue weighted by Gasteiger charge is -2.31. The molecule has 3 radical (unpaired) electrons. The first-order valence-corrected chi connectivity index (χ1v) is 8.77. The molecule has 20 heavy (non-hydrogen) atoms. The fraction of sp³-hybridized carbons (Fsp3) is 0.667. The third kappa shape index (κ3) is 2.95. The highest BCUT2D eigenvalue weighted by molar-refractivity contribution is 6.00. The normalized spacial score (nSPS) is 21.9. The summed E-state index contributed by atoms with van der Waals surface area (Å²) in [5.74, 6) is 2.55. The van der Waals surface area contributed by atoms with Crippen LogP contribution in [0, 0.1) is 0 Å². The van der Waals surface area contributed by atoms with Crippen molar-refractivity contribution in [1.29, 1.82) is 0 Å². The fourth-order valence-electron chi connectivity index (χ4n) is 4.25. The predicted molar refractivity (Wildman–Crippen MR) is 84.5 cm³/mol. The molecule has 3 rings (SSSR count). The summed E-state index contributed by atoms with van der Waals surface area (Å²) < 4.78 is 5.54. The number of hydrogen-bond acceptors (Lipinski definition) is 1. The zero-order valence-corrected chi connectivity index (χ0v) is 13.4. The smallest absolute Gasteiger partial charge is 0.341 e. The molecule has 1 aromatic rings. The Morgan fingerprint density at radius 1 is 0.800 bits per heavy atom. The van der Waals surface area contributed by atoms with Crippen LogP contribution in [0.2, 0.25) is 0 Å². The Bertz CT molecular complexity index is 431. The van der Waals surface area contributed by atoms with Crippen LogP contribution in [-0.4, -0.2) is 10.5 Å². The summed E-state index contributed by atoms with van der Waals surface area (Å²) in [7, 11) is 3.28. The van der Waals surface area contributed by atoms with Gasteiger partial charge in [-0.05, 0) is 54.7 Å². The first kappa shape index (κ1) is 14.2. The van der Waals surface area contributed by atoms with E-state index in [4.69, 9.17) is 4.43 Å². The molecule has 0 amide bonds. The van der Waals surface area contributed by atoms with Gasteiger partial charge in [-0.1, -0.05) is 50.7 Å². The molecule has 107 valence electrons. The van der Waals surface area contributed by atoms with E-state index in [2.05, 4.69) is 28.7 Å². The lowest BCUT2D eigenvalue weighted by atomic mass is 9.75. The van der Waals surface area contributed by atoms with Crippen molar-refractivity contribution < 1.29 is 4.43 Å². The largest absolute Gasteiger partial charge is 0.540 e. The van der Waals surface area contributed by atoms with E-state index in [-0.39, 0.29) is 0 Å². The van der Waals surface area contributed by atoms with Crippen LogP contribution in [0.5, 0.6) is 5.75 Å². The van der Waals surface area contributed by atoms with Gasteiger partial charge in [0, 0.05) is 0 Å². The van der Waals surface area contributed by atoms with Crippen LogP contribution in [0.15, 0.2) is 18.2 Å². The monoisotopic (exact) mass is 285 g/mol. The Hall–Kier alpha value is -0.763. The standard InChI is InChI=1S/C18H25OSi/c20-19-17-13-7-12-16(14-8-3-1-4-9-14)18(17)15-10-5-2-6-11-15/h7,12-15H,1-6,8-11H2. The van der Waals surface area contributed by atoms with E-state index >= 15 is 0 Å². The maximum atomic E-state index is 5.54. The van der Waals surface area contributed by atoms with E-state index in [1.807, 2.05) is 0 Å². The van der Waals surface area contributed by atoms with Crippen LogP contribution < -0.4 is 4.43 Å². The van der Waals surface area contributed by atoms with Gasteiger partial charge in [-0.2, -0.15) is 0 Å². The molecule has 0 aromatic heterocycles. The zero-order valence-electron chi connectivity index (χ0n) is 12.4. The van der Waals surface area contributed by atoms with Gasteiger partial charge in [-0.15, -0.1) is 0 Å². The topological polar surface area (TPSA) is 9.23 Å². The summed E-state index contributed by atoms with van der Waals surface area (Å²) in [6, 6.07) is 6.67. The Balaban J connectivity index is 1.94. The van der Waals surface area contributed by atoms with Crippen LogP contribution >= 0.6 is 0 Å². The second kappa shape index (κ2) is 6.80. The molecule has 0 heterocycles. The second-order valence-electron chi connectivity index (χ2n) is 6.53. The molecule has 2 aliphatic carbocycles. The maximum Gasteiger partial charge on any atom is 0.341 e. The van der Waals surface area contributed by atoms with Crippen LogP contribution in [0.4, 0.5) is 0 Å². The molecule has 2 saturated carbocycles. The average Bonchev–Trinajstić information content (AvgIpc) is 2.55. The summed E-state index contributed by atoms with van der Waals surface area (Å²) in [5, 5.41) is 0. The average molecular weight is 285 g/mol. The van der Waals surface area contributed by atoms with Crippen molar-refractivity contribution in [3.63, 3.8) is 0 Å². The van der Waals surface area contributed by atoms with E-state index in [1.54, 1.807) is 5.56 Å². The van der Waals surface area contributed by atoms with Crippen molar-refractivity contribution in [2.24, 2.45) is 0 Å². The Morgan fingerprint density at radius 2 is 1.40 bits per heavy atom. The van der Waals surface area contributed by atoms with E-state index in [1.165, 1.54) is 69.8 Å². The first-order chi connectivity index (χ1) is 9.90. The molecule has 0 bridgehead atoms. The van der Waals surface area contributed by atoms with Crippen molar-refractivity contribution in [2.45, 2.75) is 76.0 Å². The number of rotatable bonds is 3. The van der Waals surface area contributed by atoms with Crippen molar-refractivity contribution in [3.05, 3.63) is 29.3 Å². The molecule has 2 heteroatoms. The van der Waals surface area contributed by atoms with Crippen LogP contribution in [-0.2, 0) is 0 Å². The molecule has 2 aliphatic rings. The van der Waals surface area contributed by atoms with Gasteiger partial charge in [0.1, 0.15) is 5.75 Å². The summed E-state index contributed by atoms with van der Waals surface area (Å²) >= 11 is 0. The molecular weight excluding hydrogens is 260 g/mol. The van der Waals surface area contributed by atoms with Crippen molar-refractivity contribution in [2.75, 3.05) is 0 Å². The molecule has 2 fully saturated rings. The molecule has 0 aliphatic heterocycles. The lowest BCUT2D eigenvalue weighted by Crippen LogP contribution is -2.13. The Labute approximate surface area is 126 Å². The number of hydrogen-bond donors (Lipinski definition) is 0. The molecule has 0 N–H and O–H groups in total. The minimum Gasteiger partial charge on any atom is -0.540 e. The van der Waals surface area contributed by atoms with Gasteiger partial charge in [0.05, 0.1) is 0 Å². The van der Waals surface area contributed by atoms with Gasteiger partial charge in [0.25, 0.3) is 0 Å². The summed E-state index contributed by atoms with van der Waals surface area (Å²) in [6.45, 7) is 0. The Kier molecular flexibility index (Phi) is 4.82. The van der Waals surface area contributed by atoms with Gasteiger partial charge in [0.2, 0.25) is 0 Å². The van der Waals surface area contributed by atoms with E-state index in [0.717, 1.165) is 11.7 Å². The third-order valence-corrected chi connectivity index (χ3v) is 5.49. The fourth-order valence-corrected chi connectivity index (χ4v) is 4.43. The molecule has 0 saturated heterocycles. The van der Waals surface area contributed by atoms with E-state index < -0.39 is 0 Å². The van der Waals surface area contributed by atoms with Gasteiger partial charge < -0.3 is 4.43 Å². The van der Waals surface area contributed by atoms with Gasteiger partial charge >= 0.3 is 10.5 Å². The number of benzene rings is 1. The molecule has 0 unspecified atom stereocenters. The molecule has 0 spiro atoms. The molecule has 1 aromatic carbocycles. The molecule has 1 nitrogen and oxygen atoms in total. The minimum atomic E-state index is 0.716. The highest BCUT2D eigenvalue weighted by Crippen LogP contribution is 2.44. The SMILES string of the molecule is [Si]Oc1cccc(C2CCCCC2)c1C1CCCCC1. The van der Waals surface area contributed by atoms with E-state index in [9.17, 15) is 0 Å². The van der Waals surface area contributed by atoms with E-state index in [0.29, 0.717) is 5.92 Å². The van der Waals surface area contributed by atoms with Crippen molar-refractivity contribution in [3.8, 4) is 5.75 Å². The minimum absolute atomic E-state index is 0.716. The Morgan fingerprint density at radius 3 is 2.00 bits per heavy atom. The maximum absolute atomic E-state index is 5.54. The second-order valence-corrected chi connectivity index (χ2v) is 6.74. The zero-order chi connectivity index (χ0) is 13.8. The molecule has 0 atom stereocenters. The highest BCUT2D eigenvalue weighted by Gasteiger charge is 2.26. The first-order valence-electron chi connectivity index (χ1n) is 8.36. The predicted octanol–water partition coefficient (Wildman–Crippen LogP) is 5.24. The summed E-state index contributed by atoms with van der Waals surface area (Å²) in [4.78, 5) is 0. The van der Waals surface area contributed by atoms with Crippen molar-refractivity contribution in [1.82, 2.24) is 0 Å². The van der Waals surface area contributed by atoms with Crippen molar-refractivity contribution >= 4 is 10.5 Å². The lowest BCUT2D eigenvalue weighted by molar-refractivity contribution is 0.412. The highest BCUT2D eigenvalue weighted by atomic mass is 28.2. The van der Waals surface area contributed by atoms with Gasteiger partial charge in [-0.25, -0.2) is 0 Å².